The molecular weight excluding hydrogens is 591 g/mol. The smallest absolute Gasteiger partial charge is 0.334 e. The highest BCUT2D eigenvalue weighted by molar-refractivity contribution is 5.87. The summed E-state index contributed by atoms with van der Waals surface area (Å²) in [7, 11) is 3.06. The van der Waals surface area contributed by atoms with Gasteiger partial charge in [0.15, 0.2) is 0 Å². The van der Waals surface area contributed by atoms with Gasteiger partial charge in [0, 0.05) is 33.7 Å². The summed E-state index contributed by atoms with van der Waals surface area (Å²) in [6.45, 7) is 2.49. The SMILES string of the molecule is CC(=O)NC(Cc1ccccc1)C(=O)Oc1c(F)c(F)c(F)c(F)c1F.CN.CNC(=O)C(Cc1ccccc1)NC(C)=O. The number of esters is 1. The monoisotopic (exact) mass is 624 g/mol. The fraction of sp³-hybridized carbons (Fsp3) is 0.267. The second-order valence-electron chi connectivity index (χ2n) is 8.82. The van der Waals surface area contributed by atoms with Crippen molar-refractivity contribution in [2.75, 3.05) is 14.1 Å². The van der Waals surface area contributed by atoms with Crippen molar-refractivity contribution < 1.29 is 45.9 Å². The summed E-state index contributed by atoms with van der Waals surface area (Å²) in [5, 5.41) is 7.37. The predicted octanol–water partition coefficient (Wildman–Crippen LogP) is 3.09. The highest BCUT2D eigenvalue weighted by Gasteiger charge is 2.31. The topological polar surface area (TPSA) is 140 Å². The van der Waals surface area contributed by atoms with Crippen molar-refractivity contribution in [2.24, 2.45) is 5.73 Å². The van der Waals surface area contributed by atoms with Crippen LogP contribution in [0.4, 0.5) is 22.0 Å². The third kappa shape index (κ3) is 11.4. The van der Waals surface area contributed by atoms with Crippen LogP contribution in [0.5, 0.6) is 5.75 Å². The number of ether oxygens (including phenoxy) is 1. The first kappa shape index (κ1) is 37.2. The summed E-state index contributed by atoms with van der Waals surface area (Å²) in [5.41, 5.74) is 6.09. The Morgan fingerprint density at radius 3 is 1.41 bits per heavy atom. The van der Waals surface area contributed by atoms with Crippen molar-refractivity contribution >= 4 is 23.7 Å². The Morgan fingerprint density at radius 2 is 1.02 bits per heavy atom. The molecular formula is C30H33F5N4O5. The number of carbonyl (C=O) groups excluding carboxylic acids is 4. The highest BCUT2D eigenvalue weighted by atomic mass is 19.2. The molecule has 0 aliphatic rings. The van der Waals surface area contributed by atoms with E-state index < -0.39 is 58.8 Å². The number of halogens is 5. The lowest BCUT2D eigenvalue weighted by atomic mass is 10.1. The zero-order valence-electron chi connectivity index (χ0n) is 24.4. The number of rotatable bonds is 9. The molecule has 0 aliphatic heterocycles. The van der Waals surface area contributed by atoms with E-state index in [0.29, 0.717) is 12.0 Å². The second-order valence-corrected chi connectivity index (χ2v) is 8.82. The van der Waals surface area contributed by atoms with Gasteiger partial charge in [0.1, 0.15) is 12.1 Å². The molecule has 5 N–H and O–H groups in total. The summed E-state index contributed by atoms with van der Waals surface area (Å²) in [6, 6.07) is 15.9. The Bertz CT molecular complexity index is 1380. The van der Waals surface area contributed by atoms with Crippen molar-refractivity contribution in [3.05, 3.63) is 101 Å². The number of amides is 3. The molecule has 0 bridgehead atoms. The number of benzene rings is 3. The lowest BCUT2D eigenvalue weighted by Gasteiger charge is -2.17. The van der Waals surface area contributed by atoms with E-state index >= 15 is 0 Å². The average Bonchev–Trinajstić information content (AvgIpc) is 3.02. The van der Waals surface area contributed by atoms with Gasteiger partial charge in [-0.05, 0) is 18.2 Å². The lowest BCUT2D eigenvalue weighted by Crippen LogP contribution is -2.46. The van der Waals surface area contributed by atoms with Gasteiger partial charge in [0.2, 0.25) is 52.6 Å². The summed E-state index contributed by atoms with van der Waals surface area (Å²) >= 11 is 0. The number of hydrogen-bond donors (Lipinski definition) is 4. The molecule has 0 aromatic heterocycles. The Hall–Kier alpha value is -4.85. The second kappa shape index (κ2) is 18.6. The minimum atomic E-state index is -2.37. The van der Waals surface area contributed by atoms with E-state index in [1.807, 2.05) is 30.3 Å². The molecule has 238 valence electrons. The molecule has 0 spiro atoms. The largest absolute Gasteiger partial charge is 0.418 e. The number of nitrogens with two attached hydrogens (primary N) is 1. The van der Waals surface area contributed by atoms with Crippen LogP contribution in [0, 0.1) is 29.1 Å². The molecule has 14 heteroatoms. The Labute approximate surface area is 251 Å². The summed E-state index contributed by atoms with van der Waals surface area (Å²) in [5.74, 6) is -15.6. The van der Waals surface area contributed by atoms with E-state index in [2.05, 4.69) is 26.4 Å². The van der Waals surface area contributed by atoms with Crippen LogP contribution < -0.4 is 26.4 Å². The van der Waals surface area contributed by atoms with E-state index in [1.54, 1.807) is 37.4 Å². The van der Waals surface area contributed by atoms with E-state index in [4.69, 9.17) is 0 Å². The summed E-state index contributed by atoms with van der Waals surface area (Å²) < 4.78 is 71.0. The molecule has 0 fully saturated rings. The van der Waals surface area contributed by atoms with E-state index in [0.717, 1.165) is 12.5 Å². The fourth-order valence-corrected chi connectivity index (χ4v) is 3.61. The first-order chi connectivity index (χ1) is 20.8. The molecule has 9 nitrogen and oxygen atoms in total. The molecule has 2 unspecified atom stereocenters. The maximum absolute atomic E-state index is 13.6. The van der Waals surface area contributed by atoms with Crippen LogP contribution >= 0.6 is 0 Å². The first-order valence-electron chi connectivity index (χ1n) is 13.0. The molecule has 44 heavy (non-hydrogen) atoms. The van der Waals surface area contributed by atoms with Crippen molar-refractivity contribution in [3.63, 3.8) is 0 Å². The zero-order valence-corrected chi connectivity index (χ0v) is 24.4. The number of carbonyl (C=O) groups is 4. The molecule has 0 radical (unpaired) electrons. The van der Waals surface area contributed by atoms with Crippen LogP contribution in [0.25, 0.3) is 0 Å². The molecule has 0 heterocycles. The maximum Gasteiger partial charge on any atom is 0.334 e. The van der Waals surface area contributed by atoms with Gasteiger partial charge < -0.3 is 26.4 Å². The summed E-state index contributed by atoms with van der Waals surface area (Å²) in [6.07, 6.45) is 0.384. The number of likely N-dealkylation sites (N-methyl/N-ethyl adjacent to an activating group) is 1. The van der Waals surface area contributed by atoms with Crippen molar-refractivity contribution in [3.8, 4) is 5.75 Å². The van der Waals surface area contributed by atoms with Gasteiger partial charge in [-0.15, -0.1) is 0 Å². The van der Waals surface area contributed by atoms with Crippen LogP contribution in [-0.2, 0) is 32.0 Å². The first-order valence-corrected chi connectivity index (χ1v) is 13.0. The third-order valence-corrected chi connectivity index (χ3v) is 5.54. The van der Waals surface area contributed by atoms with Gasteiger partial charge in [-0.3, -0.25) is 14.4 Å². The van der Waals surface area contributed by atoms with Crippen LogP contribution in [0.2, 0.25) is 0 Å². The molecule has 0 saturated carbocycles. The third-order valence-electron chi connectivity index (χ3n) is 5.54. The molecule has 0 aliphatic carbocycles. The quantitative estimate of drug-likeness (QED) is 0.0949. The predicted molar refractivity (Wildman–Crippen MR) is 152 cm³/mol. The normalized spacial score (nSPS) is 11.3. The molecule has 2 atom stereocenters. The van der Waals surface area contributed by atoms with Crippen molar-refractivity contribution in [1.29, 1.82) is 0 Å². The highest BCUT2D eigenvalue weighted by Crippen LogP contribution is 2.29. The molecule has 3 rings (SSSR count). The van der Waals surface area contributed by atoms with Gasteiger partial charge in [0.25, 0.3) is 0 Å². The van der Waals surface area contributed by atoms with E-state index in [1.165, 1.54) is 14.0 Å². The van der Waals surface area contributed by atoms with Gasteiger partial charge in [-0.25, -0.2) is 18.0 Å². The van der Waals surface area contributed by atoms with Crippen molar-refractivity contribution in [2.45, 2.75) is 38.8 Å². The minimum absolute atomic E-state index is 0.116. The number of hydrogen-bond acceptors (Lipinski definition) is 6. The Balaban J connectivity index is 0.000000461. The van der Waals surface area contributed by atoms with Crippen molar-refractivity contribution in [1.82, 2.24) is 16.0 Å². The van der Waals surface area contributed by atoms with E-state index in [9.17, 15) is 41.1 Å². The molecule has 3 amide bonds. The number of nitrogens with one attached hydrogen (secondary N) is 3. The maximum atomic E-state index is 13.6. The minimum Gasteiger partial charge on any atom is -0.418 e. The Kier molecular flexibility index (Phi) is 15.7. The Morgan fingerprint density at radius 1 is 0.659 bits per heavy atom. The lowest BCUT2D eigenvalue weighted by molar-refractivity contribution is -0.139. The molecule has 0 saturated heterocycles. The zero-order chi connectivity index (χ0) is 33.4. The van der Waals surface area contributed by atoms with Crippen LogP contribution in [0.15, 0.2) is 60.7 Å². The van der Waals surface area contributed by atoms with Gasteiger partial charge >= 0.3 is 5.97 Å². The van der Waals surface area contributed by atoms with E-state index in [-0.39, 0.29) is 18.2 Å². The van der Waals surface area contributed by atoms with Gasteiger partial charge in [-0.2, -0.15) is 8.78 Å². The summed E-state index contributed by atoms with van der Waals surface area (Å²) in [4.78, 5) is 45.9. The molecule has 3 aromatic rings. The molecule has 3 aromatic carbocycles. The van der Waals surface area contributed by atoms with Gasteiger partial charge in [0.05, 0.1) is 0 Å². The fourth-order valence-electron chi connectivity index (χ4n) is 3.61. The average molecular weight is 625 g/mol. The van der Waals surface area contributed by atoms with Gasteiger partial charge in [-0.1, -0.05) is 60.7 Å². The van der Waals surface area contributed by atoms with Crippen LogP contribution in [0.3, 0.4) is 0 Å². The standard InChI is InChI=1S/C17H12F5NO3.C12H16N2O2.CH5N/c1-8(24)23-10(7-9-5-3-2-4-6-9)17(25)26-16-14(21)12(19)11(18)13(20)15(16)22;1-9(15)14-11(12(16)13-2)8-10-6-4-3-5-7-10;1-2/h2-6,10H,7H2,1H3,(H,23,24);3-7,11H,8H2,1-2H3,(H,13,16)(H,14,15);2H2,1H3. The van der Waals surface area contributed by atoms with Crippen LogP contribution in [-0.4, -0.2) is 49.9 Å². The van der Waals surface area contributed by atoms with Crippen LogP contribution in [0.1, 0.15) is 25.0 Å².